The van der Waals surface area contributed by atoms with Crippen molar-refractivity contribution in [3.05, 3.63) is 39.4 Å². The summed E-state index contributed by atoms with van der Waals surface area (Å²) in [5, 5.41) is 10.9. The minimum atomic E-state index is -4.76. The average Bonchev–Trinajstić information content (AvgIpc) is 2.35. The lowest BCUT2D eigenvalue weighted by atomic mass is 9.86. The molecule has 0 saturated heterocycles. The van der Waals surface area contributed by atoms with E-state index in [4.69, 9.17) is 0 Å². The molecule has 0 unspecified atom stereocenters. The van der Waals surface area contributed by atoms with Gasteiger partial charge < -0.3 is 0 Å². The topological polar surface area (TPSA) is 77.3 Å². The molecule has 0 spiro atoms. The van der Waals surface area contributed by atoms with Crippen LogP contribution >= 0.6 is 0 Å². The fraction of sp³-hybridized carbons (Fsp3) is 0.429. The molecule has 0 saturated carbocycles. The highest BCUT2D eigenvalue weighted by Gasteiger charge is 2.34. The lowest BCUT2D eigenvalue weighted by molar-refractivity contribution is -0.385. The normalized spacial score (nSPS) is 12.1. The van der Waals surface area contributed by atoms with Crippen LogP contribution in [0.1, 0.15) is 43.1 Å². The van der Waals surface area contributed by atoms with Crippen LogP contribution in [-0.2, 0) is 11.0 Å². The number of alkyl halides is 3. The van der Waals surface area contributed by atoms with Crippen molar-refractivity contribution in [2.75, 3.05) is 0 Å². The molecular formula is C14H14F3NO4. The minimum Gasteiger partial charge on any atom is -0.299 e. The van der Waals surface area contributed by atoms with Crippen LogP contribution in [0.5, 0.6) is 0 Å². The van der Waals surface area contributed by atoms with Crippen LogP contribution in [0.15, 0.2) is 18.2 Å². The third-order valence-electron chi connectivity index (χ3n) is 2.98. The summed E-state index contributed by atoms with van der Waals surface area (Å²) in [5.74, 6) is -1.33. The van der Waals surface area contributed by atoms with E-state index in [1.54, 1.807) is 20.8 Å². The van der Waals surface area contributed by atoms with E-state index >= 15 is 0 Å². The summed E-state index contributed by atoms with van der Waals surface area (Å²) in [7, 11) is 0. The number of Topliss-reactive ketones (excluding diaryl/α,β-unsaturated/α-hetero) is 2. The van der Waals surface area contributed by atoms with Crippen LogP contribution in [0.3, 0.4) is 0 Å². The first-order chi connectivity index (χ1) is 9.84. The van der Waals surface area contributed by atoms with Crippen molar-refractivity contribution in [1.29, 1.82) is 0 Å². The molecule has 0 aliphatic rings. The molecule has 1 rings (SSSR count). The van der Waals surface area contributed by atoms with E-state index in [0.29, 0.717) is 12.1 Å². The molecule has 0 heterocycles. The molecule has 0 N–H and O–H groups in total. The summed E-state index contributed by atoms with van der Waals surface area (Å²) in [5.41, 5.74) is -3.51. The Morgan fingerprint density at radius 2 is 1.73 bits per heavy atom. The van der Waals surface area contributed by atoms with E-state index in [0.717, 1.165) is 6.07 Å². The van der Waals surface area contributed by atoms with Crippen molar-refractivity contribution in [2.45, 2.75) is 33.4 Å². The van der Waals surface area contributed by atoms with Gasteiger partial charge in [-0.15, -0.1) is 0 Å². The summed E-state index contributed by atoms with van der Waals surface area (Å²) in [6, 6.07) is 1.62. The van der Waals surface area contributed by atoms with Crippen LogP contribution in [0, 0.1) is 15.5 Å². The van der Waals surface area contributed by atoms with Crippen molar-refractivity contribution in [3.63, 3.8) is 0 Å². The van der Waals surface area contributed by atoms with Gasteiger partial charge >= 0.3 is 6.18 Å². The van der Waals surface area contributed by atoms with Gasteiger partial charge in [0.2, 0.25) is 0 Å². The molecule has 1 aromatic carbocycles. The molecule has 22 heavy (non-hydrogen) atoms. The first-order valence-electron chi connectivity index (χ1n) is 6.26. The van der Waals surface area contributed by atoms with Gasteiger partial charge in [-0.05, 0) is 12.1 Å². The molecule has 8 heteroatoms. The SMILES string of the molecule is CC(C)(C)C(=O)CC(=O)c1ccc(C(F)(F)F)cc1[N+](=O)[O-]. The Hall–Kier alpha value is -2.25. The summed E-state index contributed by atoms with van der Waals surface area (Å²) in [6.45, 7) is 4.72. The second kappa shape index (κ2) is 5.86. The summed E-state index contributed by atoms with van der Waals surface area (Å²) >= 11 is 0. The lowest BCUT2D eigenvalue weighted by Crippen LogP contribution is -2.23. The Kier molecular flexibility index (Phi) is 4.74. The summed E-state index contributed by atoms with van der Waals surface area (Å²) < 4.78 is 37.7. The van der Waals surface area contributed by atoms with Crippen LogP contribution in [-0.4, -0.2) is 16.5 Å². The molecular weight excluding hydrogens is 303 g/mol. The van der Waals surface area contributed by atoms with Gasteiger partial charge in [0, 0.05) is 11.5 Å². The Morgan fingerprint density at radius 1 is 1.18 bits per heavy atom. The number of hydrogen-bond donors (Lipinski definition) is 0. The number of hydrogen-bond acceptors (Lipinski definition) is 4. The smallest absolute Gasteiger partial charge is 0.299 e. The van der Waals surface area contributed by atoms with E-state index in [2.05, 4.69) is 0 Å². The number of nitro benzene ring substituents is 1. The maximum atomic E-state index is 12.6. The zero-order valence-electron chi connectivity index (χ0n) is 12.2. The number of ketones is 2. The Labute approximate surface area is 124 Å². The Morgan fingerprint density at radius 3 is 2.14 bits per heavy atom. The molecule has 120 valence electrons. The molecule has 5 nitrogen and oxygen atoms in total. The van der Waals surface area contributed by atoms with E-state index in [1.165, 1.54) is 0 Å². The highest BCUT2D eigenvalue weighted by Crippen LogP contribution is 2.33. The average molecular weight is 317 g/mol. The fourth-order valence-electron chi connectivity index (χ4n) is 1.60. The van der Waals surface area contributed by atoms with Gasteiger partial charge in [0.15, 0.2) is 5.78 Å². The van der Waals surface area contributed by atoms with Gasteiger partial charge in [-0.3, -0.25) is 19.7 Å². The van der Waals surface area contributed by atoms with E-state index in [-0.39, 0.29) is 0 Å². The lowest BCUT2D eigenvalue weighted by Gasteiger charge is -2.15. The van der Waals surface area contributed by atoms with Gasteiger partial charge in [-0.2, -0.15) is 13.2 Å². The fourth-order valence-corrected chi connectivity index (χ4v) is 1.60. The van der Waals surface area contributed by atoms with Gasteiger partial charge in [-0.25, -0.2) is 0 Å². The van der Waals surface area contributed by atoms with E-state index in [9.17, 15) is 32.9 Å². The second-order valence-corrected chi connectivity index (χ2v) is 5.76. The standard InChI is InChI=1S/C14H14F3NO4/c1-13(2,3)12(20)7-11(19)9-5-4-8(14(15,16)17)6-10(9)18(21)22/h4-6H,7H2,1-3H3. The maximum absolute atomic E-state index is 12.6. The van der Waals surface area contributed by atoms with E-state index < -0.39 is 51.3 Å². The number of rotatable bonds is 4. The quantitative estimate of drug-likeness (QED) is 0.366. The molecule has 0 bridgehead atoms. The van der Waals surface area contributed by atoms with Crippen LogP contribution in [0.25, 0.3) is 0 Å². The highest BCUT2D eigenvalue weighted by atomic mass is 19.4. The van der Waals surface area contributed by atoms with Gasteiger partial charge in [0.05, 0.1) is 22.5 Å². The molecule has 0 aliphatic carbocycles. The number of carbonyl (C=O) groups excluding carboxylic acids is 2. The van der Waals surface area contributed by atoms with Gasteiger partial charge in [0.25, 0.3) is 5.69 Å². The van der Waals surface area contributed by atoms with E-state index in [1.807, 2.05) is 0 Å². The van der Waals surface area contributed by atoms with Gasteiger partial charge in [0.1, 0.15) is 5.78 Å². The van der Waals surface area contributed by atoms with Crippen LogP contribution in [0.2, 0.25) is 0 Å². The number of carbonyl (C=O) groups is 2. The van der Waals surface area contributed by atoms with Crippen molar-refractivity contribution >= 4 is 17.3 Å². The van der Waals surface area contributed by atoms with Crippen molar-refractivity contribution in [3.8, 4) is 0 Å². The molecule has 0 aliphatic heterocycles. The summed E-state index contributed by atoms with van der Waals surface area (Å²) in [4.78, 5) is 33.6. The monoisotopic (exact) mass is 317 g/mol. The zero-order chi connectivity index (χ0) is 17.3. The minimum absolute atomic E-state index is 0.300. The van der Waals surface area contributed by atoms with Crippen LogP contribution < -0.4 is 0 Å². The Balaban J connectivity index is 3.22. The van der Waals surface area contributed by atoms with Crippen molar-refractivity contribution < 1.29 is 27.7 Å². The second-order valence-electron chi connectivity index (χ2n) is 5.76. The molecule has 0 radical (unpaired) electrons. The number of halogens is 3. The van der Waals surface area contributed by atoms with Gasteiger partial charge in [-0.1, -0.05) is 20.8 Å². The van der Waals surface area contributed by atoms with Crippen molar-refractivity contribution in [1.82, 2.24) is 0 Å². The first kappa shape index (κ1) is 17.8. The zero-order valence-corrected chi connectivity index (χ0v) is 12.2. The highest BCUT2D eigenvalue weighted by molar-refractivity contribution is 6.11. The number of nitrogens with zero attached hydrogens (tertiary/aromatic N) is 1. The third kappa shape index (κ3) is 4.12. The predicted molar refractivity (Wildman–Crippen MR) is 71.5 cm³/mol. The predicted octanol–water partition coefficient (Wildman–Crippen LogP) is 3.80. The summed E-state index contributed by atoms with van der Waals surface area (Å²) in [6.07, 6.45) is -5.36. The van der Waals surface area contributed by atoms with Crippen molar-refractivity contribution in [2.24, 2.45) is 5.41 Å². The van der Waals surface area contributed by atoms with Crippen LogP contribution in [0.4, 0.5) is 18.9 Å². The Bertz CT molecular complexity index is 630. The molecule has 0 atom stereocenters. The maximum Gasteiger partial charge on any atom is 0.416 e. The first-order valence-corrected chi connectivity index (χ1v) is 6.26. The molecule has 0 amide bonds. The number of benzene rings is 1. The largest absolute Gasteiger partial charge is 0.416 e. The number of nitro groups is 1. The molecule has 1 aromatic rings. The molecule has 0 aromatic heterocycles. The molecule has 0 fully saturated rings. The third-order valence-corrected chi connectivity index (χ3v) is 2.98.